The van der Waals surface area contributed by atoms with Crippen LogP contribution in [0.15, 0.2) is 205 Å². The molecule has 2 nitrogen and oxygen atoms in total. The minimum atomic E-state index is 0.856. The van der Waals surface area contributed by atoms with E-state index in [0.29, 0.717) is 0 Å². The van der Waals surface area contributed by atoms with Crippen LogP contribution in [0.2, 0.25) is 0 Å². The molecule has 0 aliphatic heterocycles. The first-order valence-corrected chi connectivity index (χ1v) is 17.8. The standard InChI is InChI=1S/C50H33NO/c1-3-13-34(14-4-1)36-25-29-40(30-26-36)51(41-31-27-37(28-32-41)35-15-5-2-6-16-35)47-24-12-23-45-48-43-21-10-8-18-39(43)33-46(50(48)52-49(45)47)44-22-11-19-38-17-7-9-20-42(38)44/h1-33H. The van der Waals surface area contributed by atoms with Gasteiger partial charge in [-0.3, -0.25) is 0 Å². The molecule has 0 bridgehead atoms. The Kier molecular flexibility index (Phi) is 7.18. The number of anilines is 3. The first kappa shape index (κ1) is 30.0. The molecule has 0 amide bonds. The van der Waals surface area contributed by atoms with Gasteiger partial charge in [0.2, 0.25) is 0 Å². The summed E-state index contributed by atoms with van der Waals surface area (Å²) in [5.41, 5.74) is 11.9. The van der Waals surface area contributed by atoms with Crippen LogP contribution >= 0.6 is 0 Å². The van der Waals surface area contributed by atoms with Crippen LogP contribution in [-0.4, -0.2) is 0 Å². The lowest BCUT2D eigenvalue weighted by molar-refractivity contribution is 0.670. The van der Waals surface area contributed by atoms with E-state index in [0.717, 1.165) is 44.6 Å². The molecule has 0 unspecified atom stereocenters. The van der Waals surface area contributed by atoms with Crippen LogP contribution in [0, 0.1) is 0 Å². The van der Waals surface area contributed by atoms with E-state index >= 15 is 0 Å². The third-order valence-corrected chi connectivity index (χ3v) is 10.3. The second kappa shape index (κ2) is 12.5. The molecule has 244 valence electrons. The monoisotopic (exact) mass is 663 g/mol. The highest BCUT2D eigenvalue weighted by Crippen LogP contribution is 2.47. The quantitative estimate of drug-likeness (QED) is 0.176. The van der Waals surface area contributed by atoms with E-state index in [9.17, 15) is 0 Å². The molecule has 9 aromatic carbocycles. The molecule has 1 heterocycles. The van der Waals surface area contributed by atoms with Gasteiger partial charge in [0.25, 0.3) is 0 Å². The van der Waals surface area contributed by atoms with Crippen molar-refractivity contribution in [3.8, 4) is 33.4 Å². The van der Waals surface area contributed by atoms with Crippen molar-refractivity contribution >= 4 is 60.5 Å². The number of nitrogens with zero attached hydrogens (tertiary/aromatic N) is 1. The molecule has 2 heteroatoms. The van der Waals surface area contributed by atoms with Crippen LogP contribution < -0.4 is 4.90 Å². The molecule has 1 aromatic heterocycles. The van der Waals surface area contributed by atoms with Gasteiger partial charge in [-0.05, 0) is 85.8 Å². The molecular weight excluding hydrogens is 631 g/mol. The first-order chi connectivity index (χ1) is 25.8. The summed E-state index contributed by atoms with van der Waals surface area (Å²) >= 11 is 0. The molecule has 0 aliphatic rings. The molecule has 0 fully saturated rings. The first-order valence-electron chi connectivity index (χ1n) is 17.8. The third kappa shape index (κ3) is 5.04. The van der Waals surface area contributed by atoms with Gasteiger partial charge in [-0.1, -0.05) is 164 Å². The summed E-state index contributed by atoms with van der Waals surface area (Å²) < 4.78 is 7.19. The number of fused-ring (bicyclic) bond motifs is 6. The van der Waals surface area contributed by atoms with Crippen molar-refractivity contribution in [3.63, 3.8) is 0 Å². The van der Waals surface area contributed by atoms with Gasteiger partial charge in [-0.2, -0.15) is 0 Å². The molecule has 10 rings (SSSR count). The Morgan fingerprint density at radius 2 is 0.827 bits per heavy atom. The molecule has 0 spiro atoms. The van der Waals surface area contributed by atoms with Gasteiger partial charge in [-0.25, -0.2) is 0 Å². The SMILES string of the molecule is c1ccc(-c2ccc(N(c3ccc(-c4ccccc4)cc3)c3cccc4c3oc3c(-c5cccc6ccccc56)cc5ccccc5c34)cc2)cc1. The van der Waals surface area contributed by atoms with Crippen LogP contribution in [-0.2, 0) is 0 Å². The van der Waals surface area contributed by atoms with Crippen LogP contribution in [0.3, 0.4) is 0 Å². The van der Waals surface area contributed by atoms with Gasteiger partial charge >= 0.3 is 0 Å². The lowest BCUT2D eigenvalue weighted by Crippen LogP contribution is -2.10. The lowest BCUT2D eigenvalue weighted by Gasteiger charge is -2.26. The molecule has 0 saturated heterocycles. The van der Waals surface area contributed by atoms with Gasteiger partial charge in [0.1, 0.15) is 5.58 Å². The molecule has 0 N–H and O–H groups in total. The highest BCUT2D eigenvalue weighted by atomic mass is 16.3. The van der Waals surface area contributed by atoms with E-state index in [2.05, 4.69) is 205 Å². The second-order valence-electron chi connectivity index (χ2n) is 13.3. The molecule has 0 aliphatic carbocycles. The summed E-state index contributed by atoms with van der Waals surface area (Å²) in [5, 5.41) is 7.02. The van der Waals surface area contributed by atoms with Gasteiger partial charge in [0, 0.05) is 27.7 Å². The van der Waals surface area contributed by atoms with Crippen molar-refractivity contribution in [2.45, 2.75) is 0 Å². The fraction of sp³-hybridized carbons (Fsp3) is 0. The van der Waals surface area contributed by atoms with Crippen molar-refractivity contribution in [2.75, 3.05) is 4.90 Å². The highest BCUT2D eigenvalue weighted by molar-refractivity contribution is 6.25. The molecule has 0 saturated carbocycles. The summed E-state index contributed by atoms with van der Waals surface area (Å²) in [6.07, 6.45) is 0. The van der Waals surface area contributed by atoms with Crippen LogP contribution in [0.4, 0.5) is 17.1 Å². The number of furan rings is 1. The van der Waals surface area contributed by atoms with Gasteiger partial charge in [-0.15, -0.1) is 0 Å². The zero-order valence-electron chi connectivity index (χ0n) is 28.4. The highest BCUT2D eigenvalue weighted by Gasteiger charge is 2.23. The van der Waals surface area contributed by atoms with E-state index in [1.807, 2.05) is 0 Å². The zero-order chi connectivity index (χ0) is 34.4. The lowest BCUT2D eigenvalue weighted by atomic mass is 9.93. The van der Waals surface area contributed by atoms with E-state index in [1.165, 1.54) is 49.4 Å². The number of para-hydroxylation sites is 1. The van der Waals surface area contributed by atoms with Gasteiger partial charge in [0.15, 0.2) is 5.58 Å². The number of benzene rings is 9. The van der Waals surface area contributed by atoms with Crippen molar-refractivity contribution in [1.29, 1.82) is 0 Å². The Labute approximate surface area is 302 Å². The van der Waals surface area contributed by atoms with Crippen molar-refractivity contribution < 1.29 is 4.42 Å². The summed E-state index contributed by atoms with van der Waals surface area (Å²) in [5.74, 6) is 0. The van der Waals surface area contributed by atoms with Crippen LogP contribution in [0.1, 0.15) is 0 Å². The normalized spacial score (nSPS) is 11.5. The third-order valence-electron chi connectivity index (χ3n) is 10.3. The summed E-state index contributed by atoms with van der Waals surface area (Å²) in [4.78, 5) is 2.33. The number of hydrogen-bond donors (Lipinski definition) is 0. The largest absolute Gasteiger partial charge is 0.453 e. The maximum Gasteiger partial charge on any atom is 0.159 e. The second-order valence-corrected chi connectivity index (χ2v) is 13.3. The summed E-state index contributed by atoms with van der Waals surface area (Å²) in [6, 6.07) is 71.4. The molecule has 10 aromatic rings. The summed E-state index contributed by atoms with van der Waals surface area (Å²) in [7, 11) is 0. The average Bonchev–Trinajstić information content (AvgIpc) is 3.63. The Bertz CT molecular complexity index is 2780. The molecule has 0 atom stereocenters. The maximum absolute atomic E-state index is 7.19. The Morgan fingerprint density at radius 3 is 1.48 bits per heavy atom. The van der Waals surface area contributed by atoms with Crippen molar-refractivity contribution in [3.05, 3.63) is 200 Å². The number of rotatable bonds is 6. The molecular formula is C50H33NO. The minimum absolute atomic E-state index is 0.856. The predicted octanol–water partition coefficient (Wildman–Crippen LogP) is 14.4. The molecule has 52 heavy (non-hydrogen) atoms. The van der Waals surface area contributed by atoms with Crippen molar-refractivity contribution in [2.24, 2.45) is 0 Å². The van der Waals surface area contributed by atoms with Crippen LogP contribution in [0.25, 0.3) is 76.9 Å². The average molecular weight is 664 g/mol. The van der Waals surface area contributed by atoms with Crippen LogP contribution in [0.5, 0.6) is 0 Å². The topological polar surface area (TPSA) is 16.4 Å². The smallest absolute Gasteiger partial charge is 0.159 e. The van der Waals surface area contributed by atoms with E-state index in [1.54, 1.807) is 0 Å². The van der Waals surface area contributed by atoms with Gasteiger partial charge < -0.3 is 9.32 Å². The Hall–Kier alpha value is -6.90. The van der Waals surface area contributed by atoms with Crippen molar-refractivity contribution in [1.82, 2.24) is 0 Å². The maximum atomic E-state index is 7.19. The number of hydrogen-bond acceptors (Lipinski definition) is 2. The minimum Gasteiger partial charge on any atom is -0.453 e. The fourth-order valence-corrected chi connectivity index (χ4v) is 7.76. The Balaban J connectivity index is 1.22. The van der Waals surface area contributed by atoms with E-state index in [4.69, 9.17) is 4.42 Å². The fourth-order valence-electron chi connectivity index (χ4n) is 7.76. The van der Waals surface area contributed by atoms with Gasteiger partial charge in [0.05, 0.1) is 5.69 Å². The summed E-state index contributed by atoms with van der Waals surface area (Å²) in [6.45, 7) is 0. The Morgan fingerprint density at radius 1 is 0.327 bits per heavy atom. The predicted molar refractivity (Wildman–Crippen MR) is 220 cm³/mol. The van der Waals surface area contributed by atoms with E-state index in [-0.39, 0.29) is 0 Å². The zero-order valence-corrected chi connectivity index (χ0v) is 28.4. The molecule has 0 radical (unpaired) electrons. The van der Waals surface area contributed by atoms with E-state index < -0.39 is 0 Å².